The van der Waals surface area contributed by atoms with Crippen LogP contribution in [0.25, 0.3) is 0 Å². The fourth-order valence-corrected chi connectivity index (χ4v) is 4.13. The molecular formula is C16H21BrN2O2. The molecule has 21 heavy (non-hydrogen) atoms. The molecule has 1 spiro atoms. The third kappa shape index (κ3) is 2.81. The molecule has 2 fully saturated rings. The number of carbonyl (C=O) groups excluding carboxylic acids is 1. The predicted molar refractivity (Wildman–Crippen MR) is 86.1 cm³/mol. The van der Waals surface area contributed by atoms with Crippen molar-refractivity contribution in [2.45, 2.75) is 50.5 Å². The minimum atomic E-state index is -0.807. The highest BCUT2D eigenvalue weighted by Crippen LogP contribution is 2.53. The van der Waals surface area contributed by atoms with Crippen molar-refractivity contribution in [3.63, 3.8) is 0 Å². The Labute approximate surface area is 133 Å². The van der Waals surface area contributed by atoms with Crippen LogP contribution in [-0.2, 0) is 4.79 Å². The number of nitrogens with two attached hydrogens (primary N) is 1. The maximum atomic E-state index is 12.6. The van der Waals surface area contributed by atoms with Gasteiger partial charge >= 0.3 is 0 Å². The summed E-state index contributed by atoms with van der Waals surface area (Å²) in [6.07, 6.45) is 7.34. The highest BCUT2D eigenvalue weighted by molar-refractivity contribution is 9.10. The topological polar surface area (TPSA) is 75.4 Å². The summed E-state index contributed by atoms with van der Waals surface area (Å²) in [5.41, 5.74) is 6.32. The summed E-state index contributed by atoms with van der Waals surface area (Å²) in [4.78, 5) is 12.6. The number of carbonyl (C=O) groups is 1. The average molecular weight is 353 g/mol. The maximum Gasteiger partial charge on any atom is 0.244 e. The lowest BCUT2D eigenvalue weighted by Gasteiger charge is -2.50. The second-order valence-electron chi connectivity index (χ2n) is 6.66. The Morgan fingerprint density at radius 1 is 1.24 bits per heavy atom. The van der Waals surface area contributed by atoms with Crippen molar-refractivity contribution in [3.8, 4) is 5.75 Å². The summed E-state index contributed by atoms with van der Waals surface area (Å²) in [6.45, 7) is 0. The number of amides is 1. The van der Waals surface area contributed by atoms with Gasteiger partial charge in [-0.1, -0.05) is 28.8 Å². The lowest BCUT2D eigenvalue weighted by molar-refractivity contribution is -0.125. The van der Waals surface area contributed by atoms with E-state index in [9.17, 15) is 9.90 Å². The van der Waals surface area contributed by atoms with Gasteiger partial charge < -0.3 is 16.2 Å². The molecule has 1 unspecified atom stereocenters. The zero-order chi connectivity index (χ0) is 15.1. The number of hydrogen-bond donors (Lipinski definition) is 3. The van der Waals surface area contributed by atoms with Gasteiger partial charge in [-0.3, -0.25) is 4.79 Å². The summed E-state index contributed by atoms with van der Waals surface area (Å²) in [5.74, 6) is -0.124. The van der Waals surface area contributed by atoms with Gasteiger partial charge in [0, 0.05) is 4.47 Å². The summed E-state index contributed by atoms with van der Waals surface area (Å²) >= 11 is 3.28. The molecule has 1 aromatic rings. The van der Waals surface area contributed by atoms with Gasteiger partial charge in [0.15, 0.2) is 0 Å². The molecule has 1 aromatic carbocycles. The van der Waals surface area contributed by atoms with E-state index >= 15 is 0 Å². The van der Waals surface area contributed by atoms with Crippen LogP contribution in [0.15, 0.2) is 22.7 Å². The van der Waals surface area contributed by atoms with Crippen molar-refractivity contribution in [3.05, 3.63) is 22.7 Å². The van der Waals surface area contributed by atoms with E-state index in [0.29, 0.717) is 11.1 Å². The maximum absolute atomic E-state index is 12.6. The van der Waals surface area contributed by atoms with Crippen molar-refractivity contribution < 1.29 is 9.90 Å². The Hall–Kier alpha value is -1.07. The molecule has 0 aliphatic heterocycles. The van der Waals surface area contributed by atoms with E-state index in [1.54, 1.807) is 18.2 Å². The predicted octanol–water partition coefficient (Wildman–Crippen LogP) is 3.54. The number of aromatic hydroxyl groups is 1. The van der Waals surface area contributed by atoms with Crippen LogP contribution in [0, 0.1) is 5.41 Å². The minimum absolute atomic E-state index is 0.0514. The van der Waals surface area contributed by atoms with Crippen molar-refractivity contribution in [2.75, 3.05) is 5.32 Å². The largest absolute Gasteiger partial charge is 0.506 e. The van der Waals surface area contributed by atoms with Crippen LogP contribution in [0.4, 0.5) is 5.69 Å². The third-order valence-electron chi connectivity index (χ3n) is 5.09. The molecule has 1 amide bonds. The number of rotatable bonds is 2. The fourth-order valence-electron chi connectivity index (χ4n) is 3.78. The molecule has 1 atom stereocenters. The second-order valence-corrected chi connectivity index (χ2v) is 7.57. The zero-order valence-electron chi connectivity index (χ0n) is 12.0. The molecule has 4 N–H and O–H groups in total. The molecule has 4 nitrogen and oxygen atoms in total. The van der Waals surface area contributed by atoms with Crippen LogP contribution in [0.2, 0.25) is 0 Å². The van der Waals surface area contributed by atoms with Gasteiger partial charge in [0.2, 0.25) is 5.91 Å². The Kier molecular flexibility index (Phi) is 3.74. The molecule has 0 bridgehead atoms. The van der Waals surface area contributed by atoms with E-state index in [-0.39, 0.29) is 11.7 Å². The number of phenolic OH excluding ortho intramolecular Hbond substituents is 1. The molecule has 2 aliphatic rings. The van der Waals surface area contributed by atoms with Crippen molar-refractivity contribution >= 4 is 27.5 Å². The highest BCUT2D eigenvalue weighted by Gasteiger charge is 2.49. The minimum Gasteiger partial charge on any atom is -0.506 e. The Morgan fingerprint density at radius 2 is 1.90 bits per heavy atom. The first-order valence-corrected chi connectivity index (χ1v) is 8.31. The van der Waals surface area contributed by atoms with Crippen LogP contribution in [0.3, 0.4) is 0 Å². The molecule has 3 rings (SSSR count). The number of hydrogen-bond acceptors (Lipinski definition) is 3. The molecule has 0 radical (unpaired) electrons. The van der Waals surface area contributed by atoms with Gasteiger partial charge in [-0.15, -0.1) is 0 Å². The molecule has 114 valence electrons. The average Bonchev–Trinajstić information content (AvgIpc) is 2.40. The van der Waals surface area contributed by atoms with Gasteiger partial charge in [0.25, 0.3) is 0 Å². The summed E-state index contributed by atoms with van der Waals surface area (Å²) in [7, 11) is 0. The van der Waals surface area contributed by atoms with E-state index in [4.69, 9.17) is 5.73 Å². The molecule has 2 saturated carbocycles. The number of halogens is 1. The van der Waals surface area contributed by atoms with Crippen LogP contribution < -0.4 is 11.1 Å². The first-order chi connectivity index (χ1) is 9.92. The Bertz CT molecular complexity index is 571. The lowest BCUT2D eigenvalue weighted by Crippen LogP contribution is -2.57. The summed E-state index contributed by atoms with van der Waals surface area (Å²) < 4.78 is 0.770. The quantitative estimate of drug-likeness (QED) is 0.712. The van der Waals surface area contributed by atoms with Gasteiger partial charge in [-0.2, -0.15) is 0 Å². The SMILES string of the molecule is NC1(C(=O)Nc2ccc(Br)cc2O)CCCC2(CCC2)C1. The highest BCUT2D eigenvalue weighted by atomic mass is 79.9. The van der Waals surface area contributed by atoms with E-state index in [1.165, 1.54) is 25.7 Å². The Balaban J connectivity index is 1.74. The van der Waals surface area contributed by atoms with Crippen LogP contribution in [-0.4, -0.2) is 16.6 Å². The molecular weight excluding hydrogens is 332 g/mol. The molecule has 0 heterocycles. The summed E-state index contributed by atoms with van der Waals surface area (Å²) in [6, 6.07) is 5.03. The number of anilines is 1. The lowest BCUT2D eigenvalue weighted by atomic mass is 9.56. The Morgan fingerprint density at radius 3 is 2.52 bits per heavy atom. The van der Waals surface area contributed by atoms with Crippen LogP contribution >= 0.6 is 15.9 Å². The van der Waals surface area contributed by atoms with Crippen LogP contribution in [0.5, 0.6) is 5.75 Å². The monoisotopic (exact) mass is 352 g/mol. The van der Waals surface area contributed by atoms with Crippen LogP contribution in [0.1, 0.15) is 44.9 Å². The molecule has 2 aliphatic carbocycles. The van der Waals surface area contributed by atoms with E-state index in [1.807, 2.05) is 0 Å². The number of phenols is 1. The molecule has 0 saturated heterocycles. The molecule has 0 aromatic heterocycles. The normalized spacial score (nSPS) is 27.1. The van der Waals surface area contributed by atoms with Gasteiger partial charge in [-0.25, -0.2) is 0 Å². The standard InChI is InChI=1S/C16H21BrN2O2/c17-11-3-4-12(13(20)9-11)19-14(21)16(18)8-2-7-15(10-16)5-1-6-15/h3-4,9,20H,1-2,5-8,10,18H2,(H,19,21). The number of benzene rings is 1. The first kappa shape index (κ1) is 14.9. The number of nitrogens with one attached hydrogen (secondary N) is 1. The van der Waals surface area contributed by atoms with Gasteiger partial charge in [-0.05, 0) is 55.7 Å². The second kappa shape index (κ2) is 5.29. The summed E-state index contributed by atoms with van der Waals surface area (Å²) in [5, 5.41) is 12.7. The van der Waals surface area contributed by atoms with E-state index < -0.39 is 5.54 Å². The van der Waals surface area contributed by atoms with E-state index in [2.05, 4.69) is 21.2 Å². The van der Waals surface area contributed by atoms with Crippen molar-refractivity contribution in [2.24, 2.45) is 11.1 Å². The van der Waals surface area contributed by atoms with Crippen molar-refractivity contribution in [1.82, 2.24) is 0 Å². The third-order valence-corrected chi connectivity index (χ3v) is 5.59. The van der Waals surface area contributed by atoms with E-state index in [0.717, 1.165) is 23.7 Å². The van der Waals surface area contributed by atoms with Crippen molar-refractivity contribution in [1.29, 1.82) is 0 Å². The molecule has 5 heteroatoms. The van der Waals surface area contributed by atoms with Gasteiger partial charge in [0.05, 0.1) is 11.2 Å². The fraction of sp³-hybridized carbons (Fsp3) is 0.562. The smallest absolute Gasteiger partial charge is 0.244 e. The zero-order valence-corrected chi connectivity index (χ0v) is 13.6. The van der Waals surface area contributed by atoms with Gasteiger partial charge in [0.1, 0.15) is 5.75 Å². The first-order valence-electron chi connectivity index (χ1n) is 7.51.